The molecule has 0 spiro atoms. The van der Waals surface area contributed by atoms with Gasteiger partial charge in [-0.3, -0.25) is 5.84 Å². The van der Waals surface area contributed by atoms with E-state index in [0.29, 0.717) is 0 Å². The summed E-state index contributed by atoms with van der Waals surface area (Å²) in [5.74, 6) is 4.79. The van der Waals surface area contributed by atoms with E-state index in [1.54, 1.807) is 16.9 Å². The summed E-state index contributed by atoms with van der Waals surface area (Å²) in [6.07, 6.45) is -4.33. The standard InChI is InChI=1S/C6H7F3N2S/c7-6(8,9)5(11-10)4-2-1-3-12-4/h1-3,5,11H,10H2/t5-/m0/s1. The molecule has 1 rings (SSSR count). The van der Waals surface area contributed by atoms with E-state index in [0.717, 1.165) is 11.3 Å². The second-order valence-corrected chi connectivity index (χ2v) is 3.14. The minimum atomic E-state index is -4.33. The van der Waals surface area contributed by atoms with Crippen molar-refractivity contribution < 1.29 is 13.2 Å². The summed E-state index contributed by atoms with van der Waals surface area (Å²) in [7, 11) is 0. The lowest BCUT2D eigenvalue weighted by Gasteiger charge is -2.17. The minimum absolute atomic E-state index is 0.171. The third-order valence-electron chi connectivity index (χ3n) is 1.32. The van der Waals surface area contributed by atoms with Gasteiger partial charge in [-0.05, 0) is 11.4 Å². The molecular formula is C6H7F3N2S. The molecule has 0 fully saturated rings. The molecule has 6 heteroatoms. The van der Waals surface area contributed by atoms with Gasteiger partial charge >= 0.3 is 6.18 Å². The van der Waals surface area contributed by atoms with Gasteiger partial charge in [0.05, 0.1) is 0 Å². The van der Waals surface area contributed by atoms with Gasteiger partial charge in [-0.15, -0.1) is 11.3 Å². The summed E-state index contributed by atoms with van der Waals surface area (Å²) in [5, 5.41) is 1.57. The molecule has 1 heterocycles. The third kappa shape index (κ3) is 1.96. The Kier molecular flexibility index (Phi) is 2.71. The van der Waals surface area contributed by atoms with E-state index in [4.69, 9.17) is 5.84 Å². The van der Waals surface area contributed by atoms with Crippen LogP contribution in [0.25, 0.3) is 0 Å². The molecule has 0 aliphatic rings. The number of hydrogen-bond donors (Lipinski definition) is 2. The van der Waals surface area contributed by atoms with Crippen molar-refractivity contribution in [3.05, 3.63) is 22.4 Å². The van der Waals surface area contributed by atoms with E-state index in [9.17, 15) is 13.2 Å². The predicted octanol–water partition coefficient (Wildman–Crippen LogP) is 1.81. The fourth-order valence-corrected chi connectivity index (χ4v) is 1.60. The average molecular weight is 196 g/mol. The van der Waals surface area contributed by atoms with Crippen molar-refractivity contribution in [1.82, 2.24) is 5.43 Å². The van der Waals surface area contributed by atoms with Crippen LogP contribution in [0, 0.1) is 0 Å². The fraction of sp³-hybridized carbons (Fsp3) is 0.333. The van der Waals surface area contributed by atoms with Crippen molar-refractivity contribution in [3.63, 3.8) is 0 Å². The quantitative estimate of drug-likeness (QED) is 0.559. The molecule has 12 heavy (non-hydrogen) atoms. The Morgan fingerprint density at radius 3 is 2.50 bits per heavy atom. The number of halogens is 3. The number of thiophene rings is 1. The van der Waals surface area contributed by atoms with Crippen LogP contribution in [0.5, 0.6) is 0 Å². The maximum absolute atomic E-state index is 12.1. The second kappa shape index (κ2) is 3.42. The molecule has 0 unspecified atom stereocenters. The Morgan fingerprint density at radius 1 is 1.50 bits per heavy atom. The number of alkyl halides is 3. The van der Waals surface area contributed by atoms with Crippen LogP contribution < -0.4 is 11.3 Å². The second-order valence-electron chi connectivity index (χ2n) is 2.16. The Bertz CT molecular complexity index is 231. The summed E-state index contributed by atoms with van der Waals surface area (Å²) in [6.45, 7) is 0. The lowest BCUT2D eigenvalue weighted by molar-refractivity contribution is -0.157. The molecule has 0 bridgehead atoms. The molecule has 0 aliphatic carbocycles. The third-order valence-corrected chi connectivity index (χ3v) is 2.26. The number of nitrogens with one attached hydrogen (secondary N) is 1. The molecule has 1 aromatic rings. The monoisotopic (exact) mass is 196 g/mol. The van der Waals surface area contributed by atoms with Gasteiger partial charge in [0.1, 0.15) is 0 Å². The number of rotatable bonds is 2. The molecule has 0 saturated heterocycles. The van der Waals surface area contributed by atoms with Gasteiger partial charge in [-0.25, -0.2) is 5.43 Å². The molecule has 0 aliphatic heterocycles. The van der Waals surface area contributed by atoms with E-state index in [-0.39, 0.29) is 4.88 Å². The maximum Gasteiger partial charge on any atom is 0.409 e. The number of nitrogens with two attached hydrogens (primary N) is 1. The first kappa shape index (κ1) is 9.50. The van der Waals surface area contributed by atoms with E-state index in [1.165, 1.54) is 6.07 Å². The number of hydrazine groups is 1. The van der Waals surface area contributed by atoms with Gasteiger partial charge in [0.2, 0.25) is 0 Å². The topological polar surface area (TPSA) is 38.0 Å². The normalized spacial score (nSPS) is 14.7. The van der Waals surface area contributed by atoms with E-state index < -0.39 is 12.2 Å². The van der Waals surface area contributed by atoms with Crippen LogP contribution in [0.15, 0.2) is 17.5 Å². The van der Waals surface area contributed by atoms with Crippen LogP contribution in [0.3, 0.4) is 0 Å². The smallest absolute Gasteiger partial charge is 0.271 e. The summed E-state index contributed by atoms with van der Waals surface area (Å²) in [5.41, 5.74) is 1.73. The highest BCUT2D eigenvalue weighted by Crippen LogP contribution is 2.33. The lowest BCUT2D eigenvalue weighted by atomic mass is 10.2. The summed E-state index contributed by atoms with van der Waals surface area (Å²) >= 11 is 1.02. The van der Waals surface area contributed by atoms with Crippen molar-refractivity contribution >= 4 is 11.3 Å². The molecule has 3 N–H and O–H groups in total. The molecule has 0 saturated carbocycles. The first-order chi connectivity index (χ1) is 5.55. The summed E-state index contributed by atoms with van der Waals surface area (Å²) in [6, 6.07) is 1.19. The molecule has 2 nitrogen and oxygen atoms in total. The SMILES string of the molecule is NN[C@@H](c1cccs1)C(F)(F)F. The summed E-state index contributed by atoms with van der Waals surface area (Å²) < 4.78 is 36.4. The van der Waals surface area contributed by atoms with Gasteiger partial charge in [0.25, 0.3) is 0 Å². The maximum atomic E-state index is 12.1. The Morgan fingerprint density at radius 2 is 2.17 bits per heavy atom. The average Bonchev–Trinajstić information content (AvgIpc) is 2.38. The van der Waals surface area contributed by atoms with Crippen LogP contribution in [0.4, 0.5) is 13.2 Å². The van der Waals surface area contributed by atoms with Gasteiger partial charge in [-0.1, -0.05) is 6.07 Å². The molecule has 1 aromatic heterocycles. The van der Waals surface area contributed by atoms with Gasteiger partial charge in [-0.2, -0.15) is 13.2 Å². The molecule has 0 amide bonds. The minimum Gasteiger partial charge on any atom is -0.271 e. The van der Waals surface area contributed by atoms with Crippen LogP contribution in [-0.2, 0) is 0 Å². The Hall–Kier alpha value is -0.590. The van der Waals surface area contributed by atoms with Crippen molar-refractivity contribution in [2.75, 3.05) is 0 Å². The van der Waals surface area contributed by atoms with E-state index >= 15 is 0 Å². The van der Waals surface area contributed by atoms with Crippen molar-refractivity contribution in [3.8, 4) is 0 Å². The van der Waals surface area contributed by atoms with Crippen LogP contribution in [0.2, 0.25) is 0 Å². The highest BCUT2D eigenvalue weighted by molar-refractivity contribution is 7.10. The van der Waals surface area contributed by atoms with Crippen LogP contribution in [-0.4, -0.2) is 6.18 Å². The Labute approximate surface area is 71.2 Å². The van der Waals surface area contributed by atoms with Crippen molar-refractivity contribution in [2.45, 2.75) is 12.2 Å². The molecule has 0 radical (unpaired) electrons. The largest absolute Gasteiger partial charge is 0.409 e. The first-order valence-electron chi connectivity index (χ1n) is 3.12. The Balaban J connectivity index is 2.84. The lowest BCUT2D eigenvalue weighted by Crippen LogP contribution is -2.37. The highest BCUT2D eigenvalue weighted by Gasteiger charge is 2.40. The van der Waals surface area contributed by atoms with Gasteiger partial charge < -0.3 is 0 Å². The summed E-state index contributed by atoms with van der Waals surface area (Å²) in [4.78, 5) is 0.171. The number of hydrogen-bond acceptors (Lipinski definition) is 3. The molecular weight excluding hydrogens is 189 g/mol. The van der Waals surface area contributed by atoms with Crippen molar-refractivity contribution in [1.29, 1.82) is 0 Å². The highest BCUT2D eigenvalue weighted by atomic mass is 32.1. The van der Waals surface area contributed by atoms with Gasteiger partial charge in [0.15, 0.2) is 6.04 Å². The van der Waals surface area contributed by atoms with Crippen molar-refractivity contribution in [2.24, 2.45) is 5.84 Å². The zero-order valence-corrected chi connectivity index (χ0v) is 6.75. The van der Waals surface area contributed by atoms with Crippen LogP contribution in [0.1, 0.15) is 10.9 Å². The van der Waals surface area contributed by atoms with E-state index in [1.807, 2.05) is 0 Å². The van der Waals surface area contributed by atoms with Crippen LogP contribution >= 0.6 is 11.3 Å². The van der Waals surface area contributed by atoms with E-state index in [2.05, 4.69) is 0 Å². The molecule has 68 valence electrons. The molecule has 1 atom stereocenters. The fourth-order valence-electron chi connectivity index (χ4n) is 0.793. The predicted molar refractivity (Wildman–Crippen MR) is 40.4 cm³/mol. The molecule has 0 aromatic carbocycles. The van der Waals surface area contributed by atoms with Gasteiger partial charge in [0, 0.05) is 4.88 Å². The zero-order valence-electron chi connectivity index (χ0n) is 5.93. The zero-order chi connectivity index (χ0) is 9.19. The first-order valence-corrected chi connectivity index (χ1v) is 4.00.